The number of carbonyl (C=O) groups is 1. The summed E-state index contributed by atoms with van der Waals surface area (Å²) < 4.78 is 7.45. The molecule has 0 radical (unpaired) electrons. The molecule has 0 bridgehead atoms. The number of esters is 1. The van der Waals surface area contributed by atoms with E-state index in [0.717, 1.165) is 5.56 Å². The third-order valence-electron chi connectivity index (χ3n) is 3.30. The predicted octanol–water partition coefficient (Wildman–Crippen LogP) is 0.825. The third-order valence-corrected chi connectivity index (χ3v) is 3.30. The first-order valence-electron chi connectivity index (χ1n) is 7.33. The number of nitrogens with zero attached hydrogens (tertiary/aromatic N) is 1. The van der Waals surface area contributed by atoms with Crippen molar-refractivity contribution in [2.24, 2.45) is 0 Å². The van der Waals surface area contributed by atoms with Crippen LogP contribution in [0.2, 0.25) is 0 Å². The second-order valence-corrected chi connectivity index (χ2v) is 4.93. The summed E-state index contributed by atoms with van der Waals surface area (Å²) >= 11 is 0. The fourth-order valence-electron chi connectivity index (χ4n) is 2.12. The lowest BCUT2D eigenvalue weighted by molar-refractivity contribution is -0.567. The molecule has 1 heterocycles. The van der Waals surface area contributed by atoms with Crippen molar-refractivity contribution in [2.45, 2.75) is 0 Å². The molecule has 0 N–H and O–H groups in total. The minimum absolute atomic E-state index is 0. The number of para-hydroxylation sites is 1. The highest BCUT2D eigenvalue weighted by atomic mass is 79.9. The highest BCUT2D eigenvalue weighted by Crippen LogP contribution is 2.20. The van der Waals surface area contributed by atoms with Crippen LogP contribution in [0.5, 0.6) is 5.75 Å². The molecule has 0 unspecified atom stereocenters. The van der Waals surface area contributed by atoms with Gasteiger partial charge in [-0.2, -0.15) is 4.57 Å². The van der Waals surface area contributed by atoms with Crippen LogP contribution in [0.4, 0.5) is 0 Å². The zero-order chi connectivity index (χ0) is 15.9. The highest BCUT2D eigenvalue weighted by molar-refractivity contribution is 5.91. The minimum Gasteiger partial charge on any atom is -1.00 e. The summed E-state index contributed by atoms with van der Waals surface area (Å²) in [5.41, 5.74) is 1.37. The Balaban J connectivity index is 0.00000208. The third kappa shape index (κ3) is 4.64. The van der Waals surface area contributed by atoms with Crippen molar-refractivity contribution >= 4 is 18.2 Å². The van der Waals surface area contributed by atoms with E-state index in [2.05, 4.69) is 0 Å². The van der Waals surface area contributed by atoms with Crippen LogP contribution < -0.4 is 26.3 Å². The smallest absolute Gasteiger partial charge is 0.343 e. The van der Waals surface area contributed by atoms with Gasteiger partial charge in [0.1, 0.15) is 5.75 Å². The number of ether oxygens (including phenoxy) is 1. The van der Waals surface area contributed by atoms with E-state index in [0.29, 0.717) is 11.3 Å². The maximum absolute atomic E-state index is 12.2. The fourth-order valence-corrected chi connectivity index (χ4v) is 2.12. The number of pyridine rings is 1. The van der Waals surface area contributed by atoms with Crippen LogP contribution in [-0.4, -0.2) is 5.97 Å². The second-order valence-electron chi connectivity index (χ2n) is 4.93. The van der Waals surface area contributed by atoms with Crippen molar-refractivity contribution in [3.63, 3.8) is 0 Å². The summed E-state index contributed by atoms with van der Waals surface area (Å²) in [6, 6.07) is 22.3. The molecule has 0 aliphatic heterocycles. The predicted molar refractivity (Wildman–Crippen MR) is 89.7 cm³/mol. The Kier molecular flexibility index (Phi) is 6.46. The zero-order valence-electron chi connectivity index (χ0n) is 12.9. The number of carbonyl (C=O) groups excluding carboxylic acids is 1. The summed E-state index contributed by atoms with van der Waals surface area (Å²) in [4.78, 5) is 12.2. The first kappa shape index (κ1) is 17.6. The molecule has 3 aromatic rings. The van der Waals surface area contributed by atoms with Gasteiger partial charge < -0.3 is 21.7 Å². The first-order valence-corrected chi connectivity index (χ1v) is 7.33. The standard InChI is InChI=1S/C20H16NO2.BrH/c22-20(18-10-3-1-4-11-18)23-19-12-6-5-9-17(19)13-16-21-14-7-2-8-15-21;/h1-16H;1H/q+1;/p-1. The highest BCUT2D eigenvalue weighted by Gasteiger charge is 2.10. The van der Waals surface area contributed by atoms with Gasteiger partial charge in [0.2, 0.25) is 0 Å². The summed E-state index contributed by atoms with van der Waals surface area (Å²) in [6.45, 7) is 0. The summed E-state index contributed by atoms with van der Waals surface area (Å²) in [5.74, 6) is 0.174. The van der Waals surface area contributed by atoms with E-state index in [1.165, 1.54) is 0 Å². The molecule has 2 aromatic carbocycles. The lowest BCUT2D eigenvalue weighted by atomic mass is 10.2. The second kappa shape index (κ2) is 8.79. The molecule has 4 heteroatoms. The van der Waals surface area contributed by atoms with Gasteiger partial charge in [0.25, 0.3) is 0 Å². The number of aromatic nitrogens is 1. The van der Waals surface area contributed by atoms with Gasteiger partial charge in [-0.25, -0.2) is 4.79 Å². The lowest BCUT2D eigenvalue weighted by Crippen LogP contribution is -3.00. The minimum atomic E-state index is -0.362. The van der Waals surface area contributed by atoms with Crippen LogP contribution in [0.3, 0.4) is 0 Å². The van der Waals surface area contributed by atoms with Crippen LogP contribution in [0.25, 0.3) is 12.3 Å². The van der Waals surface area contributed by atoms with Crippen molar-refractivity contribution in [3.05, 3.63) is 96.3 Å². The number of benzene rings is 2. The quantitative estimate of drug-likeness (QED) is 0.380. The summed E-state index contributed by atoms with van der Waals surface area (Å²) in [6.07, 6.45) is 7.70. The zero-order valence-corrected chi connectivity index (χ0v) is 14.5. The van der Waals surface area contributed by atoms with Gasteiger partial charge >= 0.3 is 5.97 Å². The van der Waals surface area contributed by atoms with E-state index in [-0.39, 0.29) is 23.0 Å². The maximum atomic E-state index is 12.2. The normalized spacial score (nSPS) is 10.2. The summed E-state index contributed by atoms with van der Waals surface area (Å²) in [5, 5.41) is 0. The average Bonchev–Trinajstić information content (AvgIpc) is 2.62. The van der Waals surface area contributed by atoms with E-state index in [4.69, 9.17) is 4.74 Å². The molecule has 0 aliphatic carbocycles. The van der Waals surface area contributed by atoms with E-state index in [1.54, 1.807) is 18.2 Å². The Morgan fingerprint density at radius 1 is 0.833 bits per heavy atom. The van der Waals surface area contributed by atoms with E-state index < -0.39 is 0 Å². The Bertz CT molecular complexity index is 817. The summed E-state index contributed by atoms with van der Waals surface area (Å²) in [7, 11) is 0. The van der Waals surface area contributed by atoms with Crippen LogP contribution in [0.15, 0.2) is 85.2 Å². The molecular formula is C20H16BrNO2. The van der Waals surface area contributed by atoms with E-state index in [9.17, 15) is 4.79 Å². The van der Waals surface area contributed by atoms with Gasteiger partial charge in [-0.3, -0.25) is 0 Å². The van der Waals surface area contributed by atoms with Gasteiger partial charge in [0, 0.05) is 23.8 Å². The molecule has 1 aromatic heterocycles. The Labute approximate surface area is 151 Å². The number of rotatable bonds is 4. The topological polar surface area (TPSA) is 30.2 Å². The maximum Gasteiger partial charge on any atom is 0.343 e. The van der Waals surface area contributed by atoms with Gasteiger partial charge in [0.15, 0.2) is 18.6 Å². The fraction of sp³-hybridized carbons (Fsp3) is 0. The van der Waals surface area contributed by atoms with Crippen molar-refractivity contribution < 1.29 is 31.1 Å². The van der Waals surface area contributed by atoms with Crippen molar-refractivity contribution in [1.82, 2.24) is 0 Å². The van der Waals surface area contributed by atoms with Crippen LogP contribution in [-0.2, 0) is 0 Å². The molecule has 0 saturated heterocycles. The van der Waals surface area contributed by atoms with E-state index >= 15 is 0 Å². The number of hydrogen-bond donors (Lipinski definition) is 0. The van der Waals surface area contributed by atoms with Gasteiger partial charge in [0.05, 0.1) is 5.56 Å². The SMILES string of the molecule is O=C(Oc1ccccc1C=C[n+]1ccccc1)c1ccccc1.[Br-]. The molecule has 0 atom stereocenters. The van der Waals surface area contributed by atoms with Gasteiger partial charge in [-0.1, -0.05) is 42.5 Å². The van der Waals surface area contributed by atoms with Crippen LogP contribution in [0.1, 0.15) is 15.9 Å². The molecule has 0 aliphatic rings. The van der Waals surface area contributed by atoms with Gasteiger partial charge in [-0.15, -0.1) is 0 Å². The first-order chi connectivity index (χ1) is 11.3. The monoisotopic (exact) mass is 381 g/mol. The molecule has 3 rings (SSSR count). The molecular weight excluding hydrogens is 366 g/mol. The van der Waals surface area contributed by atoms with Crippen LogP contribution in [0, 0.1) is 0 Å². The largest absolute Gasteiger partial charge is 1.00 e. The van der Waals surface area contributed by atoms with E-state index in [1.807, 2.05) is 83.8 Å². The Morgan fingerprint density at radius 2 is 1.46 bits per heavy atom. The molecule has 3 nitrogen and oxygen atoms in total. The molecule has 0 fully saturated rings. The van der Waals surface area contributed by atoms with Crippen LogP contribution >= 0.6 is 0 Å². The number of halogens is 1. The average molecular weight is 382 g/mol. The molecule has 0 amide bonds. The van der Waals surface area contributed by atoms with Gasteiger partial charge in [-0.05, 0) is 18.2 Å². The molecule has 24 heavy (non-hydrogen) atoms. The molecule has 120 valence electrons. The van der Waals surface area contributed by atoms with Crippen molar-refractivity contribution in [3.8, 4) is 5.75 Å². The molecule has 0 spiro atoms. The van der Waals surface area contributed by atoms with Crippen molar-refractivity contribution in [1.29, 1.82) is 0 Å². The Morgan fingerprint density at radius 3 is 2.21 bits per heavy atom. The lowest BCUT2D eigenvalue weighted by Gasteiger charge is -2.06. The van der Waals surface area contributed by atoms with Crippen molar-refractivity contribution in [2.75, 3.05) is 0 Å². The Hall–Kier alpha value is -2.72. The molecule has 0 saturated carbocycles. The number of hydrogen-bond acceptors (Lipinski definition) is 2.